The maximum Gasteiger partial charge on any atom is 0.0408 e. The van der Waals surface area contributed by atoms with Crippen molar-refractivity contribution in [3.63, 3.8) is 0 Å². The topological polar surface area (TPSA) is 3.24 Å². The highest BCUT2D eigenvalue weighted by atomic mass is 15.1. The monoisotopic (exact) mass is 215 g/mol. The Morgan fingerprint density at radius 1 is 1.38 bits per heavy atom. The third-order valence-electron chi connectivity index (χ3n) is 3.82. The highest BCUT2D eigenvalue weighted by Crippen LogP contribution is 2.49. The molecule has 16 heavy (non-hydrogen) atoms. The second-order valence-electron chi connectivity index (χ2n) is 5.35. The normalized spacial score (nSPS) is 17.0. The lowest BCUT2D eigenvalue weighted by Gasteiger charge is -2.21. The fourth-order valence-corrected chi connectivity index (χ4v) is 2.21. The first-order valence-corrected chi connectivity index (χ1v) is 5.94. The molecule has 0 radical (unpaired) electrons. The van der Waals surface area contributed by atoms with Crippen molar-refractivity contribution < 1.29 is 0 Å². The van der Waals surface area contributed by atoms with Gasteiger partial charge in [0.05, 0.1) is 0 Å². The van der Waals surface area contributed by atoms with Gasteiger partial charge in [0, 0.05) is 18.4 Å². The molecule has 0 saturated heterocycles. The summed E-state index contributed by atoms with van der Waals surface area (Å²) in [6.07, 6.45) is 2.67. The molecule has 1 nitrogen and oxygen atoms in total. The molecule has 1 heteroatoms. The van der Waals surface area contributed by atoms with E-state index in [4.69, 9.17) is 0 Å². The van der Waals surface area contributed by atoms with Crippen LogP contribution in [0, 0.1) is 6.92 Å². The number of anilines is 1. The minimum absolute atomic E-state index is 0.463. The second kappa shape index (κ2) is 3.65. The van der Waals surface area contributed by atoms with Crippen LogP contribution in [0.4, 0.5) is 5.69 Å². The van der Waals surface area contributed by atoms with E-state index in [1.807, 2.05) is 6.92 Å². The van der Waals surface area contributed by atoms with Crippen LogP contribution in [-0.4, -0.2) is 7.05 Å². The van der Waals surface area contributed by atoms with Crippen LogP contribution in [0.25, 0.3) is 0 Å². The van der Waals surface area contributed by atoms with E-state index in [-0.39, 0.29) is 0 Å². The van der Waals surface area contributed by atoms with Crippen LogP contribution < -0.4 is 4.90 Å². The van der Waals surface area contributed by atoms with Gasteiger partial charge >= 0.3 is 0 Å². The second-order valence-corrected chi connectivity index (χ2v) is 5.35. The number of hydrogen-bond donors (Lipinski definition) is 0. The molecule has 0 heterocycles. The highest BCUT2D eigenvalue weighted by molar-refractivity contribution is 5.55. The van der Waals surface area contributed by atoms with Gasteiger partial charge in [-0.15, -0.1) is 0 Å². The molecule has 2 rings (SSSR count). The Labute approximate surface area is 98.8 Å². The molecule has 1 aromatic carbocycles. The zero-order chi connectivity index (χ0) is 11.9. The van der Waals surface area contributed by atoms with Gasteiger partial charge in [0.2, 0.25) is 0 Å². The van der Waals surface area contributed by atoms with Crippen LogP contribution in [0.2, 0.25) is 0 Å². The number of hydrogen-bond acceptors (Lipinski definition) is 1. The molecular weight excluding hydrogens is 194 g/mol. The molecule has 1 aliphatic carbocycles. The van der Waals surface area contributed by atoms with Crippen LogP contribution in [-0.2, 0) is 5.41 Å². The van der Waals surface area contributed by atoms with Gasteiger partial charge in [-0.3, -0.25) is 0 Å². The summed E-state index contributed by atoms with van der Waals surface area (Å²) in [7, 11) is 2.07. The summed E-state index contributed by atoms with van der Waals surface area (Å²) in [5.41, 5.74) is 5.70. The van der Waals surface area contributed by atoms with Crippen LogP contribution in [0.15, 0.2) is 30.5 Å². The van der Waals surface area contributed by atoms with E-state index < -0.39 is 0 Å². The molecule has 1 aliphatic rings. The Balaban J connectivity index is 2.33. The minimum Gasteiger partial charge on any atom is -0.349 e. The van der Waals surface area contributed by atoms with Gasteiger partial charge in [0.1, 0.15) is 0 Å². The molecule has 0 aliphatic heterocycles. The van der Waals surface area contributed by atoms with Crippen molar-refractivity contribution in [2.75, 3.05) is 11.9 Å². The van der Waals surface area contributed by atoms with Crippen molar-refractivity contribution in [2.24, 2.45) is 0 Å². The molecular formula is C15H21N. The minimum atomic E-state index is 0.463. The zero-order valence-electron chi connectivity index (χ0n) is 10.8. The first-order valence-electron chi connectivity index (χ1n) is 5.94. The molecule has 0 N–H and O–H groups in total. The van der Waals surface area contributed by atoms with Gasteiger partial charge in [-0.05, 0) is 55.4 Å². The molecule has 0 aromatic heterocycles. The SMILES string of the molecule is C=C(C)N(C)c1ccc(C2(C)CC2)c(C)c1. The first kappa shape index (κ1) is 11.3. The molecule has 1 fully saturated rings. The fourth-order valence-electron chi connectivity index (χ4n) is 2.21. The van der Waals surface area contributed by atoms with Gasteiger partial charge in [-0.25, -0.2) is 0 Å². The summed E-state index contributed by atoms with van der Waals surface area (Å²) < 4.78 is 0. The van der Waals surface area contributed by atoms with E-state index >= 15 is 0 Å². The first-order chi connectivity index (χ1) is 7.44. The van der Waals surface area contributed by atoms with Gasteiger partial charge in [0.25, 0.3) is 0 Å². The number of nitrogens with zero attached hydrogens (tertiary/aromatic N) is 1. The van der Waals surface area contributed by atoms with Crippen LogP contribution in [0.3, 0.4) is 0 Å². The van der Waals surface area contributed by atoms with Crippen LogP contribution >= 0.6 is 0 Å². The van der Waals surface area contributed by atoms with Crippen molar-refractivity contribution >= 4 is 5.69 Å². The molecule has 1 aromatic rings. The molecule has 0 amide bonds. The molecule has 0 spiro atoms. The van der Waals surface area contributed by atoms with Crippen LogP contribution in [0.1, 0.15) is 37.8 Å². The predicted octanol–water partition coefficient (Wildman–Crippen LogP) is 4.02. The molecule has 0 bridgehead atoms. The predicted molar refractivity (Wildman–Crippen MR) is 71.0 cm³/mol. The Kier molecular flexibility index (Phi) is 2.57. The van der Waals surface area contributed by atoms with Crippen molar-refractivity contribution in [1.29, 1.82) is 0 Å². The Hall–Kier alpha value is -1.24. The van der Waals surface area contributed by atoms with Crippen molar-refractivity contribution in [2.45, 2.75) is 39.0 Å². The number of aryl methyl sites for hydroxylation is 1. The number of benzene rings is 1. The largest absolute Gasteiger partial charge is 0.349 e. The average molecular weight is 215 g/mol. The van der Waals surface area contributed by atoms with E-state index in [1.165, 1.54) is 29.7 Å². The van der Waals surface area contributed by atoms with Gasteiger partial charge in [-0.2, -0.15) is 0 Å². The lowest BCUT2D eigenvalue weighted by molar-refractivity contribution is 0.779. The quantitative estimate of drug-likeness (QED) is 0.736. The third-order valence-corrected chi connectivity index (χ3v) is 3.82. The molecule has 0 unspecified atom stereocenters. The van der Waals surface area contributed by atoms with E-state index in [9.17, 15) is 0 Å². The highest BCUT2D eigenvalue weighted by Gasteiger charge is 2.39. The summed E-state index contributed by atoms with van der Waals surface area (Å²) in [5, 5.41) is 0. The third kappa shape index (κ3) is 1.87. The van der Waals surface area contributed by atoms with Gasteiger partial charge in [-0.1, -0.05) is 19.6 Å². The summed E-state index contributed by atoms with van der Waals surface area (Å²) in [6.45, 7) is 10.6. The maximum absolute atomic E-state index is 3.97. The summed E-state index contributed by atoms with van der Waals surface area (Å²) >= 11 is 0. The average Bonchev–Trinajstić information content (AvgIpc) is 2.95. The summed E-state index contributed by atoms with van der Waals surface area (Å²) in [5.74, 6) is 0. The van der Waals surface area contributed by atoms with E-state index in [2.05, 4.69) is 50.6 Å². The van der Waals surface area contributed by atoms with Crippen molar-refractivity contribution in [3.8, 4) is 0 Å². The zero-order valence-corrected chi connectivity index (χ0v) is 10.8. The van der Waals surface area contributed by atoms with E-state index in [1.54, 1.807) is 0 Å². The van der Waals surface area contributed by atoms with Crippen LogP contribution in [0.5, 0.6) is 0 Å². The number of rotatable bonds is 3. The van der Waals surface area contributed by atoms with Gasteiger partial charge < -0.3 is 4.90 Å². The molecule has 0 atom stereocenters. The maximum atomic E-state index is 3.97. The summed E-state index contributed by atoms with van der Waals surface area (Å²) in [6, 6.07) is 6.77. The lowest BCUT2D eigenvalue weighted by Crippen LogP contribution is -2.14. The smallest absolute Gasteiger partial charge is 0.0408 e. The van der Waals surface area contributed by atoms with E-state index in [0.29, 0.717) is 5.41 Å². The van der Waals surface area contributed by atoms with Crippen molar-refractivity contribution in [3.05, 3.63) is 41.6 Å². The van der Waals surface area contributed by atoms with Crippen molar-refractivity contribution in [1.82, 2.24) is 0 Å². The summed E-state index contributed by atoms with van der Waals surface area (Å²) in [4.78, 5) is 2.13. The Bertz CT molecular complexity index is 427. The Morgan fingerprint density at radius 3 is 2.44 bits per heavy atom. The lowest BCUT2D eigenvalue weighted by atomic mass is 9.93. The fraction of sp³-hybridized carbons (Fsp3) is 0.467. The molecule has 86 valence electrons. The van der Waals surface area contributed by atoms with E-state index in [0.717, 1.165) is 5.70 Å². The molecule has 1 saturated carbocycles. The Morgan fingerprint density at radius 2 is 2.00 bits per heavy atom. The number of allylic oxidation sites excluding steroid dienone is 1. The standard InChI is InChI=1S/C15H21N/c1-11(2)16(5)13-6-7-14(12(3)10-13)15(4)8-9-15/h6-7,10H,1,8-9H2,2-5H3. The van der Waals surface area contributed by atoms with Gasteiger partial charge in [0.15, 0.2) is 0 Å².